The average molecular weight is 454 g/mol. The van der Waals surface area contributed by atoms with Crippen LogP contribution in [0.4, 0.5) is 0 Å². The van der Waals surface area contributed by atoms with E-state index in [1.165, 1.54) is 49.9 Å². The number of fused-ring (bicyclic) bond motifs is 3. The number of aromatic nitrogens is 3. The van der Waals surface area contributed by atoms with Crippen molar-refractivity contribution in [1.82, 2.24) is 4.57 Å². The molecule has 5 heteroatoms. The van der Waals surface area contributed by atoms with Crippen LogP contribution in [0, 0.1) is 0 Å². The third kappa shape index (κ3) is 1.45. The molecule has 3 aromatic carbocycles. The molecule has 10 rings (SSSR count). The Balaban J connectivity index is 1.60. The molecule has 1 spiro atoms. The first-order valence-electron chi connectivity index (χ1n) is 12.1. The normalized spacial score (nSPS) is 20.3. The van der Waals surface area contributed by atoms with Crippen LogP contribution in [0.2, 0.25) is 0 Å². The highest BCUT2D eigenvalue weighted by Gasteiger charge is 2.69. The summed E-state index contributed by atoms with van der Waals surface area (Å²) in [6.07, 6.45) is 5.98. The summed E-state index contributed by atoms with van der Waals surface area (Å²) < 4.78 is 19.8. The number of hydrogen-bond acceptors (Lipinski definition) is 2. The van der Waals surface area contributed by atoms with Crippen LogP contribution in [0.3, 0.4) is 0 Å². The molecule has 4 aliphatic rings. The van der Waals surface area contributed by atoms with Gasteiger partial charge in [0.15, 0.2) is 17.3 Å². The third-order valence-electron chi connectivity index (χ3n) is 8.96. The Hall–Kier alpha value is -4.38. The lowest BCUT2D eigenvalue weighted by Crippen LogP contribution is -2.75. The largest absolute Gasteiger partial charge is 0.456 e. The second-order valence-corrected chi connectivity index (χ2v) is 10.7. The maximum absolute atomic E-state index is 6.66. The number of para-hydroxylation sites is 1. The molecule has 0 bridgehead atoms. The van der Waals surface area contributed by atoms with E-state index in [4.69, 9.17) is 9.15 Å². The van der Waals surface area contributed by atoms with Crippen molar-refractivity contribution < 1.29 is 18.3 Å². The molecule has 35 heavy (non-hydrogen) atoms. The first-order valence-corrected chi connectivity index (χ1v) is 12.1. The molecule has 164 valence electrons. The Morgan fingerprint density at radius 2 is 1.60 bits per heavy atom. The van der Waals surface area contributed by atoms with Gasteiger partial charge >= 0.3 is 12.1 Å². The second kappa shape index (κ2) is 4.86. The molecule has 3 aromatic heterocycles. The number of oxazole rings is 1. The highest BCUT2D eigenvalue weighted by Crippen LogP contribution is 2.58. The van der Waals surface area contributed by atoms with Gasteiger partial charge in [-0.15, -0.1) is 4.57 Å². The molecule has 1 atom stereocenters. The molecule has 6 aromatic rings. The quantitative estimate of drug-likeness (QED) is 0.293. The molecule has 0 amide bonds. The maximum atomic E-state index is 6.66. The van der Waals surface area contributed by atoms with Gasteiger partial charge in [-0.25, -0.2) is 0 Å². The van der Waals surface area contributed by atoms with Gasteiger partial charge in [0.05, 0.1) is 17.3 Å². The summed E-state index contributed by atoms with van der Waals surface area (Å²) in [7, 11) is 0. The van der Waals surface area contributed by atoms with Crippen molar-refractivity contribution >= 4 is 21.8 Å². The van der Waals surface area contributed by atoms with E-state index in [9.17, 15) is 0 Å². The molecule has 0 aliphatic carbocycles. The lowest BCUT2D eigenvalue weighted by atomic mass is 9.75. The van der Waals surface area contributed by atoms with Gasteiger partial charge in [-0.05, 0) is 42.5 Å². The number of rotatable bonds is 0. The topological polar surface area (TPSA) is 35.1 Å². The Kier molecular flexibility index (Phi) is 2.38. The molecule has 4 aliphatic heterocycles. The van der Waals surface area contributed by atoms with E-state index in [-0.39, 0.29) is 5.41 Å². The number of ether oxygens (including phenoxy) is 1. The molecule has 0 radical (unpaired) electrons. The van der Waals surface area contributed by atoms with Gasteiger partial charge in [-0.1, -0.05) is 32.0 Å². The Labute approximate surface area is 200 Å². The van der Waals surface area contributed by atoms with Crippen LogP contribution in [-0.2, 0) is 11.1 Å². The van der Waals surface area contributed by atoms with Crippen molar-refractivity contribution in [3.63, 3.8) is 0 Å². The fourth-order valence-electron chi connectivity index (χ4n) is 7.64. The van der Waals surface area contributed by atoms with E-state index in [1.807, 2.05) is 12.7 Å². The van der Waals surface area contributed by atoms with Gasteiger partial charge < -0.3 is 9.15 Å². The van der Waals surface area contributed by atoms with E-state index in [0.717, 1.165) is 22.8 Å². The van der Waals surface area contributed by atoms with Gasteiger partial charge in [0, 0.05) is 21.8 Å². The number of pyridine rings is 1. The smallest absolute Gasteiger partial charge is 0.377 e. The SMILES string of the molecule is CC1(C)c2ccc[n+]3c2-n2c4c1cccc4c1ccc4c(c12)C31c2c(cccc2-c2coc[n+]21)O4. The molecule has 5 nitrogen and oxygen atoms in total. The minimum atomic E-state index is -0.620. The first kappa shape index (κ1) is 17.1. The monoisotopic (exact) mass is 453 g/mol. The lowest BCUT2D eigenvalue weighted by Gasteiger charge is -2.37. The summed E-state index contributed by atoms with van der Waals surface area (Å²) >= 11 is 0. The third-order valence-corrected chi connectivity index (χ3v) is 8.96. The van der Waals surface area contributed by atoms with Gasteiger partial charge in [0.2, 0.25) is 0 Å². The first-order chi connectivity index (χ1) is 17.1. The van der Waals surface area contributed by atoms with Crippen molar-refractivity contribution in [1.29, 1.82) is 0 Å². The lowest BCUT2D eigenvalue weighted by molar-refractivity contribution is -0.962. The standard InChI is InChI=1S/C30H19N3O2/c1-29(2)19-8-3-6-16-17-11-12-23-25-27(17)33(26(16)19)28-20(29)9-5-13-31(28)30(25)24-18(7-4-10-22(24)35-23)21-14-34-15-32(21)30/h3-15H,1-2H3/q+2. The zero-order valence-corrected chi connectivity index (χ0v) is 19.2. The predicted octanol–water partition coefficient (Wildman–Crippen LogP) is 5.29. The summed E-state index contributed by atoms with van der Waals surface area (Å²) in [4.78, 5) is 0. The summed E-state index contributed by atoms with van der Waals surface area (Å²) in [5.74, 6) is 3.03. The summed E-state index contributed by atoms with van der Waals surface area (Å²) in [5, 5.41) is 2.56. The van der Waals surface area contributed by atoms with E-state index in [1.54, 1.807) is 0 Å². The van der Waals surface area contributed by atoms with Crippen molar-refractivity contribution in [2.45, 2.75) is 24.9 Å². The Morgan fingerprint density at radius 1 is 0.771 bits per heavy atom. The summed E-state index contributed by atoms with van der Waals surface area (Å²) in [5.41, 5.74) is 9.05. The number of benzene rings is 3. The Bertz CT molecular complexity index is 2030. The molecule has 0 saturated heterocycles. The molecule has 7 heterocycles. The fraction of sp³-hybridized carbons (Fsp3) is 0.133. The summed E-state index contributed by atoms with van der Waals surface area (Å²) in [6.45, 7) is 4.71. The van der Waals surface area contributed by atoms with Crippen LogP contribution in [0.25, 0.3) is 38.9 Å². The van der Waals surface area contributed by atoms with Crippen molar-refractivity contribution in [2.24, 2.45) is 0 Å². The second-order valence-electron chi connectivity index (χ2n) is 10.7. The zero-order valence-electron chi connectivity index (χ0n) is 19.2. The van der Waals surface area contributed by atoms with Gasteiger partial charge in [-0.3, -0.25) is 0 Å². The number of hydrogen-bond donors (Lipinski definition) is 0. The highest BCUT2D eigenvalue weighted by atomic mass is 16.5. The molecular formula is C30H19N3O2+2. The van der Waals surface area contributed by atoms with Crippen molar-refractivity contribution in [3.8, 4) is 28.6 Å². The van der Waals surface area contributed by atoms with Crippen LogP contribution < -0.4 is 13.9 Å². The van der Waals surface area contributed by atoms with Crippen LogP contribution >= 0.6 is 0 Å². The van der Waals surface area contributed by atoms with E-state index in [2.05, 4.69) is 94.4 Å². The van der Waals surface area contributed by atoms with Gasteiger partial charge in [0.1, 0.15) is 22.6 Å². The maximum Gasteiger partial charge on any atom is 0.377 e. The summed E-state index contributed by atoms with van der Waals surface area (Å²) in [6, 6.07) is 22.0. The van der Waals surface area contributed by atoms with E-state index < -0.39 is 5.66 Å². The molecule has 0 N–H and O–H groups in total. The molecule has 0 fully saturated rings. The van der Waals surface area contributed by atoms with Gasteiger partial charge in [0.25, 0.3) is 11.5 Å². The van der Waals surface area contributed by atoms with Crippen molar-refractivity contribution in [3.05, 3.63) is 102 Å². The average Bonchev–Trinajstić information content (AvgIpc) is 3.56. The zero-order chi connectivity index (χ0) is 22.8. The minimum absolute atomic E-state index is 0.144. The van der Waals surface area contributed by atoms with Crippen LogP contribution in [0.5, 0.6) is 11.5 Å². The predicted molar refractivity (Wildman–Crippen MR) is 129 cm³/mol. The van der Waals surface area contributed by atoms with Crippen LogP contribution in [0.15, 0.2) is 83.9 Å². The Morgan fingerprint density at radius 3 is 2.54 bits per heavy atom. The van der Waals surface area contributed by atoms with Gasteiger partial charge in [-0.2, -0.15) is 9.13 Å². The minimum Gasteiger partial charge on any atom is -0.456 e. The molecule has 1 unspecified atom stereocenters. The molecule has 0 saturated carbocycles. The van der Waals surface area contributed by atoms with E-state index in [0.29, 0.717) is 0 Å². The molecular weight excluding hydrogens is 434 g/mol. The number of nitrogens with zero attached hydrogens (tertiary/aromatic N) is 3. The highest BCUT2D eigenvalue weighted by molar-refractivity contribution is 6.13. The van der Waals surface area contributed by atoms with Crippen LogP contribution in [-0.4, -0.2) is 4.57 Å². The van der Waals surface area contributed by atoms with E-state index >= 15 is 0 Å². The van der Waals surface area contributed by atoms with Crippen LogP contribution in [0.1, 0.15) is 36.1 Å². The van der Waals surface area contributed by atoms with Crippen molar-refractivity contribution in [2.75, 3.05) is 0 Å². The fourth-order valence-corrected chi connectivity index (χ4v) is 7.64.